The Morgan fingerprint density at radius 2 is 1.88 bits per heavy atom. The highest BCUT2D eigenvalue weighted by atomic mass is 32.2. The number of nitrogens with one attached hydrogen (secondary N) is 1. The Labute approximate surface area is 199 Å². The zero-order chi connectivity index (χ0) is 24.4. The van der Waals surface area contributed by atoms with E-state index < -0.39 is 16.1 Å². The maximum Gasteiger partial charge on any atom is 0.420 e. The second-order valence-corrected chi connectivity index (χ2v) is 12.4. The molecule has 2 aromatic heterocycles. The van der Waals surface area contributed by atoms with Crippen LogP contribution in [0.25, 0.3) is 11.1 Å². The molecule has 33 heavy (non-hydrogen) atoms. The average molecular weight is 491 g/mol. The number of aromatic nitrogens is 3. The molecule has 0 aliphatic rings. The van der Waals surface area contributed by atoms with Crippen molar-refractivity contribution in [3.05, 3.63) is 52.9 Å². The van der Waals surface area contributed by atoms with Gasteiger partial charge in [0, 0.05) is 15.9 Å². The summed E-state index contributed by atoms with van der Waals surface area (Å²) in [7, 11) is -2.94. The van der Waals surface area contributed by atoms with Gasteiger partial charge in [0.05, 0.1) is 13.7 Å². The van der Waals surface area contributed by atoms with E-state index in [-0.39, 0.29) is 9.62 Å². The van der Waals surface area contributed by atoms with Crippen LogP contribution in [0, 0.1) is 5.92 Å². The molecule has 0 saturated carbocycles. The Bertz CT molecular complexity index is 1220. The van der Waals surface area contributed by atoms with Crippen LogP contribution < -0.4 is 4.72 Å². The molecule has 10 heteroatoms. The number of methoxy groups -OCH3 is 1. The van der Waals surface area contributed by atoms with Crippen LogP contribution in [-0.4, -0.2) is 36.4 Å². The highest BCUT2D eigenvalue weighted by Crippen LogP contribution is 2.36. The molecule has 0 aliphatic carbocycles. The number of carbonyl (C=O) groups excluding carboxylic acids is 1. The molecule has 0 saturated heterocycles. The lowest BCUT2D eigenvalue weighted by Gasteiger charge is -2.18. The molecule has 3 rings (SSSR count). The van der Waals surface area contributed by atoms with Crippen molar-refractivity contribution in [1.82, 2.24) is 19.5 Å². The maximum atomic E-state index is 12.9. The van der Waals surface area contributed by atoms with E-state index in [1.54, 1.807) is 6.33 Å². The number of hydrogen-bond donors (Lipinski definition) is 1. The monoisotopic (exact) mass is 490 g/mol. The average Bonchev–Trinajstić information content (AvgIpc) is 3.35. The number of carbonyl (C=O) groups is 1. The number of amides is 1. The number of rotatable bonds is 7. The predicted molar refractivity (Wildman–Crippen MR) is 129 cm³/mol. The number of benzene rings is 1. The largest absolute Gasteiger partial charge is 0.452 e. The van der Waals surface area contributed by atoms with Crippen LogP contribution in [0.15, 0.2) is 40.9 Å². The molecule has 8 nitrogen and oxygen atoms in total. The molecular formula is C23H30N4O4S2. The minimum Gasteiger partial charge on any atom is -0.452 e. The second kappa shape index (κ2) is 9.64. The molecule has 0 fully saturated rings. The fraction of sp³-hybridized carbons (Fsp3) is 0.435. The molecule has 1 aromatic carbocycles. The van der Waals surface area contributed by atoms with Crippen molar-refractivity contribution in [2.45, 2.75) is 57.2 Å². The van der Waals surface area contributed by atoms with E-state index in [0.29, 0.717) is 18.0 Å². The van der Waals surface area contributed by atoms with Crippen molar-refractivity contribution in [2.75, 3.05) is 7.11 Å². The highest BCUT2D eigenvalue weighted by molar-refractivity contribution is 7.92. The van der Waals surface area contributed by atoms with Gasteiger partial charge in [0.2, 0.25) is 0 Å². The molecule has 1 amide bonds. The van der Waals surface area contributed by atoms with Crippen LogP contribution in [0.1, 0.15) is 50.9 Å². The second-order valence-electron chi connectivity index (χ2n) is 9.34. The van der Waals surface area contributed by atoms with Gasteiger partial charge in [0.1, 0.15) is 16.4 Å². The number of sulfonamides is 1. The summed E-state index contributed by atoms with van der Waals surface area (Å²) in [5, 5.41) is 8.30. The molecule has 0 atom stereocenters. The Morgan fingerprint density at radius 1 is 1.21 bits per heavy atom. The Balaban J connectivity index is 1.95. The van der Waals surface area contributed by atoms with E-state index >= 15 is 0 Å². The van der Waals surface area contributed by atoms with E-state index in [4.69, 9.17) is 0 Å². The molecular weight excluding hydrogens is 460 g/mol. The molecule has 178 valence electrons. The van der Waals surface area contributed by atoms with E-state index in [1.807, 2.05) is 39.6 Å². The minimum absolute atomic E-state index is 0.102. The van der Waals surface area contributed by atoms with Crippen LogP contribution in [-0.2, 0) is 33.1 Å². The Hall–Kier alpha value is -2.72. The first-order valence-electron chi connectivity index (χ1n) is 10.6. The van der Waals surface area contributed by atoms with Crippen molar-refractivity contribution in [3.63, 3.8) is 0 Å². The van der Waals surface area contributed by atoms with Crippen molar-refractivity contribution >= 4 is 27.5 Å². The van der Waals surface area contributed by atoms with Crippen LogP contribution in [0.5, 0.6) is 0 Å². The van der Waals surface area contributed by atoms with E-state index in [9.17, 15) is 13.2 Å². The standard InChI is InChI=1S/C23H30N4O4S2/c1-15(2)11-18-12-19(20(32-18)33(29,30)26-22(28)31-6)17-9-7-16(8-10-17)13-27-14-24-25-21(27)23(3,4)5/h7-10,12,14-15H,11,13H2,1-6H3,(H,26,28). The van der Waals surface area contributed by atoms with Crippen LogP contribution in [0.4, 0.5) is 4.79 Å². The lowest BCUT2D eigenvalue weighted by Crippen LogP contribution is -2.30. The summed E-state index contributed by atoms with van der Waals surface area (Å²) in [5.74, 6) is 1.26. The number of ether oxygens (including phenoxy) is 1. The van der Waals surface area contributed by atoms with E-state index in [2.05, 4.69) is 49.6 Å². The Kier molecular flexibility index (Phi) is 7.28. The van der Waals surface area contributed by atoms with Crippen molar-refractivity contribution in [2.24, 2.45) is 5.92 Å². The van der Waals surface area contributed by atoms with Gasteiger partial charge in [0.15, 0.2) is 0 Å². The summed E-state index contributed by atoms with van der Waals surface area (Å²) in [6.07, 6.45) is 1.44. The fourth-order valence-electron chi connectivity index (χ4n) is 3.46. The van der Waals surface area contributed by atoms with Gasteiger partial charge in [-0.2, -0.15) is 0 Å². The molecule has 0 aliphatic heterocycles. The predicted octanol–water partition coefficient (Wildman–Crippen LogP) is 4.60. The molecule has 0 unspecified atom stereocenters. The van der Waals surface area contributed by atoms with Crippen LogP contribution >= 0.6 is 11.3 Å². The normalized spacial score (nSPS) is 12.2. The topological polar surface area (TPSA) is 103 Å². The zero-order valence-electron chi connectivity index (χ0n) is 19.7. The summed E-state index contributed by atoms with van der Waals surface area (Å²) in [6.45, 7) is 11.0. The number of nitrogens with zero attached hydrogens (tertiary/aromatic N) is 3. The zero-order valence-corrected chi connectivity index (χ0v) is 21.4. The summed E-state index contributed by atoms with van der Waals surface area (Å²) in [6, 6.07) is 9.62. The third kappa shape index (κ3) is 6.00. The molecule has 3 aromatic rings. The minimum atomic E-state index is -4.07. The first kappa shape index (κ1) is 24.9. The molecule has 0 bridgehead atoms. The van der Waals surface area contributed by atoms with Gasteiger partial charge in [-0.1, -0.05) is 58.9 Å². The smallest absolute Gasteiger partial charge is 0.420 e. The fourth-order valence-corrected chi connectivity index (χ4v) is 6.33. The first-order chi connectivity index (χ1) is 15.4. The highest BCUT2D eigenvalue weighted by Gasteiger charge is 2.26. The van der Waals surface area contributed by atoms with E-state index in [1.165, 1.54) is 11.3 Å². The van der Waals surface area contributed by atoms with E-state index in [0.717, 1.165) is 35.4 Å². The Morgan fingerprint density at radius 3 is 2.45 bits per heavy atom. The van der Waals surface area contributed by atoms with Crippen molar-refractivity contribution in [3.8, 4) is 11.1 Å². The summed E-state index contributed by atoms with van der Waals surface area (Å²) < 4.78 is 34.3. The van der Waals surface area contributed by atoms with Crippen LogP contribution in [0.3, 0.4) is 0 Å². The van der Waals surface area contributed by atoms with Crippen LogP contribution in [0.2, 0.25) is 0 Å². The third-order valence-electron chi connectivity index (χ3n) is 4.91. The van der Waals surface area contributed by atoms with Crippen molar-refractivity contribution in [1.29, 1.82) is 0 Å². The lowest BCUT2D eigenvalue weighted by atomic mass is 9.95. The molecule has 0 spiro atoms. The number of hydrogen-bond acceptors (Lipinski definition) is 7. The lowest BCUT2D eigenvalue weighted by molar-refractivity contribution is 0.177. The van der Waals surface area contributed by atoms with Gasteiger partial charge < -0.3 is 9.30 Å². The molecule has 2 heterocycles. The van der Waals surface area contributed by atoms with Gasteiger partial charge in [-0.3, -0.25) is 0 Å². The van der Waals surface area contributed by atoms with Gasteiger partial charge in [0.25, 0.3) is 10.0 Å². The number of thiophene rings is 1. The first-order valence-corrected chi connectivity index (χ1v) is 12.9. The summed E-state index contributed by atoms with van der Waals surface area (Å²) in [5.41, 5.74) is 2.24. The molecule has 0 radical (unpaired) electrons. The van der Waals surface area contributed by atoms with Gasteiger partial charge >= 0.3 is 6.09 Å². The summed E-state index contributed by atoms with van der Waals surface area (Å²) >= 11 is 1.18. The van der Waals surface area contributed by atoms with Gasteiger partial charge in [-0.25, -0.2) is 17.9 Å². The quantitative estimate of drug-likeness (QED) is 0.519. The summed E-state index contributed by atoms with van der Waals surface area (Å²) in [4.78, 5) is 12.5. The molecule has 1 N–H and O–H groups in total. The third-order valence-corrected chi connectivity index (χ3v) is 7.91. The van der Waals surface area contributed by atoms with Gasteiger partial charge in [-0.15, -0.1) is 21.5 Å². The maximum absolute atomic E-state index is 12.9. The van der Waals surface area contributed by atoms with Crippen molar-refractivity contribution < 1.29 is 17.9 Å². The SMILES string of the molecule is COC(=O)NS(=O)(=O)c1sc(CC(C)C)cc1-c1ccc(Cn2cnnc2C(C)(C)C)cc1. The van der Waals surface area contributed by atoms with Gasteiger partial charge in [-0.05, 0) is 29.5 Å².